The van der Waals surface area contributed by atoms with Gasteiger partial charge in [0.05, 0.1) is 5.75 Å². The van der Waals surface area contributed by atoms with E-state index in [1.165, 1.54) is 0 Å². The maximum atomic E-state index is 12.1. The minimum absolute atomic E-state index is 0.0399. The molecule has 3 rings (SSSR count). The smallest absolute Gasteiger partial charge is 0.193 e. The van der Waals surface area contributed by atoms with Gasteiger partial charge >= 0.3 is 0 Å². The number of nitrogens with zero attached hydrogens (tertiary/aromatic N) is 1. The predicted molar refractivity (Wildman–Crippen MR) is 70.2 cm³/mol. The van der Waals surface area contributed by atoms with E-state index in [4.69, 9.17) is 5.73 Å². The van der Waals surface area contributed by atoms with Crippen molar-refractivity contribution in [3.8, 4) is 0 Å². The van der Waals surface area contributed by atoms with Gasteiger partial charge in [0.15, 0.2) is 9.84 Å². The van der Waals surface area contributed by atoms with Crippen LogP contribution in [-0.4, -0.2) is 24.3 Å². The van der Waals surface area contributed by atoms with Crippen molar-refractivity contribution in [2.24, 2.45) is 5.73 Å². The Bertz CT molecular complexity index is 556. The summed E-state index contributed by atoms with van der Waals surface area (Å²) in [5, 5.41) is 0.511. The third kappa shape index (κ3) is 2.34. The van der Waals surface area contributed by atoms with E-state index in [1.54, 1.807) is 0 Å². The molecule has 0 bridgehead atoms. The van der Waals surface area contributed by atoms with Crippen LogP contribution >= 0.6 is 0 Å². The number of nitrogens with two attached hydrogens (primary N) is 1. The van der Waals surface area contributed by atoms with E-state index in [0.29, 0.717) is 5.03 Å². The Hall–Kier alpha value is -0.810. The van der Waals surface area contributed by atoms with Gasteiger partial charge in [-0.15, -0.1) is 0 Å². The third-order valence-electron chi connectivity index (χ3n) is 4.10. The molecule has 2 heterocycles. The molecule has 1 aromatic heterocycles. The van der Waals surface area contributed by atoms with E-state index in [0.717, 1.165) is 50.6 Å². The van der Waals surface area contributed by atoms with Gasteiger partial charge in [-0.1, -0.05) is 0 Å². The molecule has 1 fully saturated rings. The lowest BCUT2D eigenvalue weighted by molar-refractivity contribution is 0.582. The summed E-state index contributed by atoms with van der Waals surface area (Å²) in [6, 6.07) is 1.85. The highest BCUT2D eigenvalue weighted by molar-refractivity contribution is 7.91. The van der Waals surface area contributed by atoms with Crippen molar-refractivity contribution in [1.29, 1.82) is 0 Å². The van der Waals surface area contributed by atoms with Crippen molar-refractivity contribution in [1.82, 2.24) is 4.57 Å². The number of hydrogen-bond donors (Lipinski definition) is 1. The molecule has 0 atom stereocenters. The number of sulfone groups is 1. The van der Waals surface area contributed by atoms with Crippen LogP contribution < -0.4 is 5.73 Å². The van der Waals surface area contributed by atoms with Crippen LogP contribution in [0.1, 0.15) is 37.7 Å². The Morgan fingerprint density at radius 3 is 2.83 bits per heavy atom. The van der Waals surface area contributed by atoms with Crippen LogP contribution in [0.25, 0.3) is 0 Å². The van der Waals surface area contributed by atoms with Crippen LogP contribution in [0.3, 0.4) is 0 Å². The summed E-state index contributed by atoms with van der Waals surface area (Å²) in [4.78, 5) is 0. The second kappa shape index (κ2) is 4.10. The van der Waals surface area contributed by atoms with E-state index in [1.807, 2.05) is 16.8 Å². The normalized spacial score (nSPS) is 24.3. The average Bonchev–Trinajstić information content (AvgIpc) is 2.92. The lowest BCUT2D eigenvalue weighted by Gasteiger charge is -2.06. The quantitative estimate of drug-likeness (QED) is 0.903. The van der Waals surface area contributed by atoms with Crippen molar-refractivity contribution < 1.29 is 8.42 Å². The van der Waals surface area contributed by atoms with E-state index >= 15 is 0 Å². The molecule has 0 saturated heterocycles. The van der Waals surface area contributed by atoms with Crippen LogP contribution in [-0.2, 0) is 22.8 Å². The number of aromatic nitrogens is 1. The van der Waals surface area contributed by atoms with Crippen molar-refractivity contribution in [3.05, 3.63) is 17.8 Å². The molecule has 0 amide bonds. The summed E-state index contributed by atoms with van der Waals surface area (Å²) < 4.78 is 26.1. The highest BCUT2D eigenvalue weighted by Crippen LogP contribution is 2.36. The summed E-state index contributed by atoms with van der Waals surface area (Å²) in [5.41, 5.74) is 7.23. The van der Waals surface area contributed by atoms with Crippen molar-refractivity contribution in [2.75, 3.05) is 5.75 Å². The van der Waals surface area contributed by atoms with Crippen molar-refractivity contribution in [3.63, 3.8) is 0 Å². The zero-order valence-electron chi connectivity index (χ0n) is 10.6. The summed E-state index contributed by atoms with van der Waals surface area (Å²) in [7, 11) is -3.06. The second-order valence-electron chi connectivity index (χ2n) is 5.77. The summed E-state index contributed by atoms with van der Waals surface area (Å²) in [6.45, 7) is 0.822. The van der Waals surface area contributed by atoms with Gasteiger partial charge in [0.25, 0.3) is 0 Å². The highest BCUT2D eigenvalue weighted by atomic mass is 32.2. The Morgan fingerprint density at radius 2 is 2.11 bits per heavy atom. The monoisotopic (exact) mass is 268 g/mol. The van der Waals surface area contributed by atoms with Gasteiger partial charge < -0.3 is 10.3 Å². The van der Waals surface area contributed by atoms with Gasteiger partial charge in [0.1, 0.15) is 5.03 Å². The average molecular weight is 268 g/mol. The van der Waals surface area contributed by atoms with Gasteiger partial charge in [0.2, 0.25) is 0 Å². The molecular formula is C13H20N2O2S. The molecule has 18 heavy (non-hydrogen) atoms. The first kappa shape index (κ1) is 12.2. The zero-order valence-corrected chi connectivity index (χ0v) is 11.4. The van der Waals surface area contributed by atoms with E-state index < -0.39 is 9.84 Å². The standard InChI is InChI=1S/C13H20N2O2S/c14-13(5-6-13)4-3-11-9-12-15(10-11)7-1-2-8-18(12,16)17/h9-10H,1-8,14H2. The van der Waals surface area contributed by atoms with Gasteiger partial charge in [0, 0.05) is 18.3 Å². The van der Waals surface area contributed by atoms with Gasteiger partial charge in [-0.2, -0.15) is 0 Å². The van der Waals surface area contributed by atoms with E-state index in [2.05, 4.69) is 0 Å². The molecule has 0 radical (unpaired) electrons. The third-order valence-corrected chi connectivity index (χ3v) is 5.91. The summed E-state index contributed by atoms with van der Waals surface area (Å²) in [6.07, 6.45) is 7.80. The lowest BCUT2D eigenvalue weighted by atomic mass is 10.1. The van der Waals surface area contributed by atoms with Crippen molar-refractivity contribution >= 4 is 9.84 Å². The first-order valence-electron chi connectivity index (χ1n) is 6.69. The zero-order chi connectivity index (χ0) is 12.8. The molecule has 0 unspecified atom stereocenters. The Labute approximate surface area is 108 Å². The molecular weight excluding hydrogens is 248 g/mol. The Kier molecular flexibility index (Phi) is 2.79. The fourth-order valence-corrected chi connectivity index (χ4v) is 4.23. The number of rotatable bonds is 3. The number of fused-ring (bicyclic) bond motifs is 1. The molecule has 2 N–H and O–H groups in total. The Balaban J connectivity index is 1.82. The lowest BCUT2D eigenvalue weighted by Crippen LogP contribution is -2.21. The van der Waals surface area contributed by atoms with Crippen LogP contribution in [0.2, 0.25) is 0 Å². The fraction of sp³-hybridized carbons (Fsp3) is 0.692. The van der Waals surface area contributed by atoms with Crippen molar-refractivity contribution in [2.45, 2.75) is 55.6 Å². The van der Waals surface area contributed by atoms with Gasteiger partial charge in [-0.3, -0.25) is 0 Å². The Morgan fingerprint density at radius 1 is 1.33 bits per heavy atom. The second-order valence-corrected chi connectivity index (χ2v) is 7.82. The van der Waals surface area contributed by atoms with Gasteiger partial charge in [-0.25, -0.2) is 8.42 Å². The molecule has 0 aromatic carbocycles. The maximum absolute atomic E-state index is 12.1. The molecule has 100 valence electrons. The largest absolute Gasteiger partial charge is 0.338 e. The fourth-order valence-electron chi connectivity index (χ4n) is 2.61. The molecule has 4 nitrogen and oxygen atoms in total. The predicted octanol–water partition coefficient (Wildman–Crippen LogP) is 1.48. The first-order valence-corrected chi connectivity index (χ1v) is 8.35. The molecule has 5 heteroatoms. The molecule has 2 aliphatic rings. The van der Waals surface area contributed by atoms with Crippen LogP contribution in [0.4, 0.5) is 0 Å². The highest BCUT2D eigenvalue weighted by Gasteiger charge is 2.37. The number of aryl methyl sites for hydroxylation is 2. The summed E-state index contributed by atoms with van der Waals surface area (Å²) >= 11 is 0. The molecule has 1 aliphatic carbocycles. The SMILES string of the molecule is NC1(CCc2cc3n(c2)CCCCS3(=O)=O)CC1. The maximum Gasteiger partial charge on any atom is 0.193 e. The molecule has 1 saturated carbocycles. The van der Waals surface area contributed by atoms with Gasteiger partial charge in [-0.05, 0) is 50.2 Å². The van der Waals surface area contributed by atoms with Crippen LogP contribution in [0.5, 0.6) is 0 Å². The topological polar surface area (TPSA) is 65.1 Å². The van der Waals surface area contributed by atoms with E-state index in [-0.39, 0.29) is 11.3 Å². The minimum Gasteiger partial charge on any atom is -0.338 e. The molecule has 1 aromatic rings. The summed E-state index contributed by atoms with van der Waals surface area (Å²) in [5.74, 6) is 0.289. The van der Waals surface area contributed by atoms with Crippen LogP contribution in [0, 0.1) is 0 Å². The first-order chi connectivity index (χ1) is 8.49. The van der Waals surface area contributed by atoms with Crippen LogP contribution in [0.15, 0.2) is 17.3 Å². The minimum atomic E-state index is -3.06. The van der Waals surface area contributed by atoms with E-state index in [9.17, 15) is 8.42 Å². The number of hydrogen-bond acceptors (Lipinski definition) is 3. The molecule has 0 spiro atoms. The molecule has 1 aliphatic heterocycles.